The van der Waals surface area contributed by atoms with Gasteiger partial charge >= 0.3 is 0 Å². The van der Waals surface area contributed by atoms with Gasteiger partial charge in [0.15, 0.2) is 11.5 Å². The molecule has 154 valence electrons. The second-order valence-corrected chi connectivity index (χ2v) is 8.30. The third-order valence-corrected chi connectivity index (χ3v) is 6.50. The molecular formula is C23H23N3O3S. The van der Waals surface area contributed by atoms with E-state index in [4.69, 9.17) is 4.74 Å². The lowest BCUT2D eigenvalue weighted by molar-refractivity contribution is -0.129. The summed E-state index contributed by atoms with van der Waals surface area (Å²) in [6.45, 7) is 4.74. The Morgan fingerprint density at radius 2 is 2.13 bits per heavy atom. The van der Waals surface area contributed by atoms with Crippen LogP contribution >= 0.6 is 11.8 Å². The second kappa shape index (κ2) is 8.33. The summed E-state index contributed by atoms with van der Waals surface area (Å²) in [5, 5.41) is 20.7. The van der Waals surface area contributed by atoms with Crippen molar-refractivity contribution in [3.8, 4) is 17.6 Å². The first-order valence-electron chi connectivity index (χ1n) is 9.86. The summed E-state index contributed by atoms with van der Waals surface area (Å²) in [6, 6.07) is 15.6. The van der Waals surface area contributed by atoms with Crippen LogP contribution in [0.5, 0.6) is 11.5 Å². The molecule has 0 aliphatic carbocycles. The van der Waals surface area contributed by atoms with E-state index in [2.05, 4.69) is 17.0 Å². The van der Waals surface area contributed by atoms with Crippen LogP contribution in [0.25, 0.3) is 0 Å². The van der Waals surface area contributed by atoms with E-state index < -0.39 is 0 Å². The summed E-state index contributed by atoms with van der Waals surface area (Å²) in [5.41, 5.74) is 3.63. The molecule has 2 aromatic rings. The minimum absolute atomic E-state index is 0.00936. The number of aryl methyl sites for hydroxylation is 1. The predicted octanol–water partition coefficient (Wildman–Crippen LogP) is 4.32. The number of phenolic OH excluding ortho intramolecular Hbond substituents is 1. The molecule has 0 radical (unpaired) electrons. The maximum absolute atomic E-state index is 13.1. The number of nitrogens with zero attached hydrogens (tertiary/aromatic N) is 3. The van der Waals surface area contributed by atoms with Crippen molar-refractivity contribution in [3.63, 3.8) is 0 Å². The average Bonchev–Trinajstić information content (AvgIpc) is 2.75. The molecule has 1 saturated heterocycles. The van der Waals surface area contributed by atoms with Crippen molar-refractivity contribution in [2.24, 2.45) is 0 Å². The van der Waals surface area contributed by atoms with Crippen LogP contribution in [0.4, 0.5) is 5.69 Å². The van der Waals surface area contributed by atoms with Crippen molar-refractivity contribution < 1.29 is 14.6 Å². The van der Waals surface area contributed by atoms with Crippen LogP contribution in [0.2, 0.25) is 0 Å². The lowest BCUT2D eigenvalue weighted by Crippen LogP contribution is -2.47. The van der Waals surface area contributed by atoms with E-state index in [1.54, 1.807) is 23.1 Å². The molecule has 1 fully saturated rings. The minimum atomic E-state index is -0.341. The summed E-state index contributed by atoms with van der Waals surface area (Å²) in [7, 11) is 0. The van der Waals surface area contributed by atoms with Gasteiger partial charge in [0.25, 0.3) is 0 Å². The Labute approximate surface area is 180 Å². The molecule has 0 aromatic heterocycles. The number of aromatic hydroxyl groups is 1. The number of carbonyl (C=O) groups is 1. The zero-order chi connectivity index (χ0) is 21.3. The van der Waals surface area contributed by atoms with Crippen LogP contribution in [0, 0.1) is 18.3 Å². The number of benzene rings is 2. The number of rotatable bonds is 4. The van der Waals surface area contributed by atoms with Gasteiger partial charge in [0.05, 0.1) is 35.8 Å². The fourth-order valence-corrected chi connectivity index (χ4v) is 5.02. The fraction of sp³-hybridized carbons (Fsp3) is 0.304. The highest BCUT2D eigenvalue weighted by Gasteiger charge is 2.38. The largest absolute Gasteiger partial charge is 0.504 e. The van der Waals surface area contributed by atoms with Gasteiger partial charge in [0.1, 0.15) is 0 Å². The van der Waals surface area contributed by atoms with Crippen LogP contribution in [-0.2, 0) is 4.79 Å². The zero-order valence-corrected chi connectivity index (χ0v) is 17.8. The lowest BCUT2D eigenvalue weighted by atomic mass is 9.86. The second-order valence-electron chi connectivity index (χ2n) is 7.36. The third kappa shape index (κ3) is 3.71. The highest BCUT2D eigenvalue weighted by atomic mass is 32.2. The number of allylic oxidation sites excluding steroid dienone is 1. The molecule has 2 aliphatic rings. The number of nitriles is 1. The quantitative estimate of drug-likeness (QED) is 0.792. The van der Waals surface area contributed by atoms with Crippen LogP contribution < -0.4 is 9.64 Å². The summed E-state index contributed by atoms with van der Waals surface area (Å²) in [6.07, 6.45) is 0.213. The SMILES string of the molecule is CCOc1cc([C@@H]2CC(=O)N3CN(c4cccc(C)c4)CSC3=C2C#N)ccc1O. The number of amides is 1. The van der Waals surface area contributed by atoms with Gasteiger partial charge in [-0.3, -0.25) is 9.69 Å². The van der Waals surface area contributed by atoms with E-state index in [9.17, 15) is 15.2 Å². The first kappa shape index (κ1) is 20.2. The Bertz CT molecular complexity index is 1060. The number of carbonyl (C=O) groups excluding carboxylic acids is 1. The number of hydrogen-bond donors (Lipinski definition) is 1. The summed E-state index contributed by atoms with van der Waals surface area (Å²) in [5.74, 6) is 0.738. The highest BCUT2D eigenvalue weighted by molar-refractivity contribution is 8.03. The van der Waals surface area contributed by atoms with E-state index in [1.807, 2.05) is 32.0 Å². The summed E-state index contributed by atoms with van der Waals surface area (Å²) < 4.78 is 5.49. The molecule has 2 aliphatic heterocycles. The molecule has 0 bridgehead atoms. The number of thioether (sulfide) groups is 1. The smallest absolute Gasteiger partial charge is 0.229 e. The van der Waals surface area contributed by atoms with Gasteiger partial charge in [-0.05, 0) is 49.2 Å². The van der Waals surface area contributed by atoms with Gasteiger partial charge in [-0.15, -0.1) is 0 Å². The summed E-state index contributed by atoms with van der Waals surface area (Å²) >= 11 is 1.52. The van der Waals surface area contributed by atoms with E-state index in [1.165, 1.54) is 17.3 Å². The molecule has 1 N–H and O–H groups in total. The maximum Gasteiger partial charge on any atom is 0.229 e. The number of ether oxygens (including phenoxy) is 1. The van der Waals surface area contributed by atoms with Crippen molar-refractivity contribution in [1.29, 1.82) is 5.26 Å². The van der Waals surface area contributed by atoms with Gasteiger partial charge in [-0.1, -0.05) is 30.0 Å². The van der Waals surface area contributed by atoms with Crippen LogP contribution in [0.3, 0.4) is 0 Å². The Hall–Kier alpha value is -3.11. The monoisotopic (exact) mass is 421 g/mol. The molecule has 0 unspecified atom stereocenters. The molecule has 4 rings (SSSR count). The lowest BCUT2D eigenvalue weighted by Gasteiger charge is -2.42. The van der Waals surface area contributed by atoms with Crippen molar-refractivity contribution >= 4 is 23.4 Å². The van der Waals surface area contributed by atoms with Crippen molar-refractivity contribution in [2.75, 3.05) is 24.1 Å². The molecule has 2 aromatic carbocycles. The molecule has 2 heterocycles. The molecular weight excluding hydrogens is 398 g/mol. The molecule has 1 amide bonds. The molecule has 0 saturated carbocycles. The Morgan fingerprint density at radius 1 is 1.30 bits per heavy atom. The van der Waals surface area contributed by atoms with Crippen molar-refractivity contribution in [2.45, 2.75) is 26.2 Å². The minimum Gasteiger partial charge on any atom is -0.504 e. The van der Waals surface area contributed by atoms with Gasteiger partial charge in [-0.25, -0.2) is 0 Å². The van der Waals surface area contributed by atoms with E-state index in [0.29, 0.717) is 30.5 Å². The van der Waals surface area contributed by atoms with Gasteiger partial charge < -0.3 is 14.7 Å². The van der Waals surface area contributed by atoms with Crippen LogP contribution in [0.15, 0.2) is 53.1 Å². The number of hydrogen-bond acceptors (Lipinski definition) is 6. The van der Waals surface area contributed by atoms with Gasteiger partial charge in [0.2, 0.25) is 5.91 Å². The van der Waals surface area contributed by atoms with E-state index in [0.717, 1.165) is 16.3 Å². The van der Waals surface area contributed by atoms with Crippen LogP contribution in [-0.4, -0.2) is 35.1 Å². The molecule has 6 nitrogen and oxygen atoms in total. The van der Waals surface area contributed by atoms with E-state index in [-0.39, 0.29) is 24.0 Å². The Kier molecular flexibility index (Phi) is 5.60. The van der Waals surface area contributed by atoms with Crippen molar-refractivity contribution in [3.05, 3.63) is 64.2 Å². The number of anilines is 1. The average molecular weight is 422 g/mol. The third-order valence-electron chi connectivity index (χ3n) is 5.35. The Morgan fingerprint density at radius 3 is 2.87 bits per heavy atom. The van der Waals surface area contributed by atoms with Crippen LogP contribution in [0.1, 0.15) is 30.4 Å². The standard InChI is InChI=1S/C23H23N3O3S/c1-3-29-21-10-16(7-8-20(21)27)18-11-22(28)26-13-25(14-30-23(26)19(18)12-24)17-6-4-5-15(2)9-17/h4-10,18,27H,3,11,13-14H2,1-2H3/t18-/m0/s1. The highest BCUT2D eigenvalue weighted by Crippen LogP contribution is 2.44. The zero-order valence-electron chi connectivity index (χ0n) is 17.0. The topological polar surface area (TPSA) is 76.8 Å². The first-order chi connectivity index (χ1) is 14.5. The van der Waals surface area contributed by atoms with Gasteiger partial charge in [0, 0.05) is 18.0 Å². The van der Waals surface area contributed by atoms with E-state index >= 15 is 0 Å². The summed E-state index contributed by atoms with van der Waals surface area (Å²) in [4.78, 5) is 16.9. The molecule has 30 heavy (non-hydrogen) atoms. The normalized spacial score (nSPS) is 18.8. The molecule has 7 heteroatoms. The maximum atomic E-state index is 13.1. The first-order valence-corrected chi connectivity index (χ1v) is 10.8. The van der Waals surface area contributed by atoms with Crippen molar-refractivity contribution in [1.82, 2.24) is 4.90 Å². The molecule has 0 spiro atoms. The predicted molar refractivity (Wildman–Crippen MR) is 117 cm³/mol. The van der Waals surface area contributed by atoms with Gasteiger partial charge in [-0.2, -0.15) is 5.26 Å². The number of fused-ring (bicyclic) bond motifs is 1. The molecule has 1 atom stereocenters. The number of phenols is 1. The Balaban J connectivity index is 1.66. The fourth-order valence-electron chi connectivity index (χ4n) is 3.85.